The Bertz CT molecular complexity index is 405. The molecule has 1 aliphatic heterocycles. The maximum atomic E-state index is 6.01. The van der Waals surface area contributed by atoms with Crippen molar-refractivity contribution in [1.29, 1.82) is 0 Å². The Balaban J connectivity index is 1.97. The molecule has 0 spiro atoms. The van der Waals surface area contributed by atoms with Crippen LogP contribution in [-0.2, 0) is 17.7 Å². The highest BCUT2D eigenvalue weighted by molar-refractivity contribution is 4.98. The van der Waals surface area contributed by atoms with Crippen molar-refractivity contribution in [1.82, 2.24) is 19.8 Å². The van der Waals surface area contributed by atoms with E-state index in [-0.39, 0.29) is 6.10 Å². The van der Waals surface area contributed by atoms with E-state index in [1.165, 1.54) is 13.0 Å². The summed E-state index contributed by atoms with van der Waals surface area (Å²) in [6.45, 7) is 9.57. The first-order valence-corrected chi connectivity index (χ1v) is 8.29. The van der Waals surface area contributed by atoms with Crippen LogP contribution < -0.4 is 5.32 Å². The Morgan fingerprint density at radius 3 is 2.90 bits per heavy atom. The molecule has 120 valence electrons. The van der Waals surface area contributed by atoms with Crippen LogP contribution in [0.2, 0.25) is 0 Å². The molecule has 0 aliphatic carbocycles. The molecule has 0 saturated carbocycles. The lowest BCUT2D eigenvalue weighted by molar-refractivity contribution is -0.0454. The van der Waals surface area contributed by atoms with Crippen LogP contribution in [-0.4, -0.2) is 59.9 Å². The largest absolute Gasteiger partial charge is 0.374 e. The number of aryl methyl sites for hydroxylation is 1. The van der Waals surface area contributed by atoms with Crippen molar-refractivity contribution in [3.8, 4) is 0 Å². The summed E-state index contributed by atoms with van der Waals surface area (Å²) in [7, 11) is 2.03. The van der Waals surface area contributed by atoms with Crippen molar-refractivity contribution < 1.29 is 4.74 Å². The van der Waals surface area contributed by atoms with Crippen molar-refractivity contribution in [3.05, 3.63) is 18.2 Å². The zero-order chi connectivity index (χ0) is 15.1. The molecule has 1 N–H and O–H groups in total. The fraction of sp³-hybridized carbons (Fsp3) is 0.812. The van der Waals surface area contributed by atoms with Crippen LogP contribution in [0.15, 0.2) is 12.4 Å². The van der Waals surface area contributed by atoms with Crippen molar-refractivity contribution >= 4 is 0 Å². The molecule has 0 amide bonds. The molecule has 1 fully saturated rings. The van der Waals surface area contributed by atoms with Crippen LogP contribution in [0.25, 0.3) is 0 Å². The van der Waals surface area contributed by atoms with Gasteiger partial charge in [-0.3, -0.25) is 4.90 Å². The first-order chi connectivity index (χ1) is 10.3. The standard InChI is InChI=1S/C16H30N4O/c1-4-7-19-10-11-21-15(13-19)14(17-3)12-16-18-6-9-20(16)8-5-2/h6,9,14-15,17H,4-5,7-8,10-13H2,1-3H3. The van der Waals surface area contributed by atoms with Gasteiger partial charge in [0.15, 0.2) is 0 Å². The Kier molecular flexibility index (Phi) is 6.67. The molecule has 0 radical (unpaired) electrons. The van der Waals surface area contributed by atoms with Gasteiger partial charge in [-0.2, -0.15) is 0 Å². The van der Waals surface area contributed by atoms with Crippen LogP contribution in [0.1, 0.15) is 32.5 Å². The summed E-state index contributed by atoms with van der Waals surface area (Å²) in [4.78, 5) is 7.04. The third-order valence-electron chi connectivity index (χ3n) is 4.21. The smallest absolute Gasteiger partial charge is 0.110 e. The molecule has 2 heterocycles. The molecule has 0 bridgehead atoms. The Morgan fingerprint density at radius 1 is 1.38 bits per heavy atom. The first-order valence-electron chi connectivity index (χ1n) is 8.29. The van der Waals surface area contributed by atoms with Crippen molar-refractivity contribution in [2.24, 2.45) is 0 Å². The highest BCUT2D eigenvalue weighted by atomic mass is 16.5. The Labute approximate surface area is 128 Å². The zero-order valence-corrected chi connectivity index (χ0v) is 13.7. The molecule has 1 saturated heterocycles. The quantitative estimate of drug-likeness (QED) is 0.790. The fourth-order valence-corrected chi connectivity index (χ4v) is 3.08. The van der Waals surface area contributed by atoms with Crippen LogP contribution in [0.4, 0.5) is 0 Å². The average Bonchev–Trinajstić information content (AvgIpc) is 2.93. The maximum absolute atomic E-state index is 6.01. The number of imidazole rings is 1. The van der Waals surface area contributed by atoms with E-state index in [1.54, 1.807) is 0 Å². The minimum absolute atomic E-state index is 0.252. The molecule has 1 aromatic rings. The van der Waals surface area contributed by atoms with Gasteiger partial charge in [0.05, 0.1) is 12.7 Å². The minimum atomic E-state index is 0.252. The van der Waals surface area contributed by atoms with Gasteiger partial charge in [0.1, 0.15) is 5.82 Å². The lowest BCUT2D eigenvalue weighted by atomic mass is 10.0. The third-order valence-corrected chi connectivity index (χ3v) is 4.21. The van der Waals surface area contributed by atoms with Crippen LogP contribution in [0, 0.1) is 0 Å². The molecular weight excluding hydrogens is 264 g/mol. The molecule has 2 unspecified atom stereocenters. The molecule has 0 aromatic carbocycles. The zero-order valence-electron chi connectivity index (χ0n) is 13.7. The number of hydrogen-bond acceptors (Lipinski definition) is 4. The second kappa shape index (κ2) is 8.51. The normalized spacial score (nSPS) is 21.6. The number of nitrogens with zero attached hydrogens (tertiary/aromatic N) is 3. The van der Waals surface area contributed by atoms with E-state index in [4.69, 9.17) is 4.74 Å². The van der Waals surface area contributed by atoms with E-state index in [0.717, 1.165) is 44.9 Å². The summed E-state index contributed by atoms with van der Waals surface area (Å²) < 4.78 is 8.28. The second-order valence-corrected chi connectivity index (χ2v) is 5.85. The van der Waals surface area contributed by atoms with Gasteiger partial charge >= 0.3 is 0 Å². The number of nitrogens with one attached hydrogen (secondary N) is 1. The van der Waals surface area contributed by atoms with Crippen molar-refractivity contribution in [3.63, 3.8) is 0 Å². The molecule has 21 heavy (non-hydrogen) atoms. The maximum Gasteiger partial charge on any atom is 0.110 e. The second-order valence-electron chi connectivity index (χ2n) is 5.85. The van der Waals surface area contributed by atoms with Gasteiger partial charge in [0.25, 0.3) is 0 Å². The number of ether oxygens (including phenoxy) is 1. The van der Waals surface area contributed by atoms with Gasteiger partial charge in [-0.15, -0.1) is 0 Å². The van der Waals surface area contributed by atoms with E-state index in [0.29, 0.717) is 6.04 Å². The predicted molar refractivity (Wildman–Crippen MR) is 85.5 cm³/mol. The van der Waals surface area contributed by atoms with Crippen molar-refractivity contribution in [2.75, 3.05) is 33.3 Å². The Hall–Kier alpha value is -0.910. The number of aromatic nitrogens is 2. The lowest BCUT2D eigenvalue weighted by Gasteiger charge is -2.36. The van der Waals surface area contributed by atoms with Crippen LogP contribution in [0.5, 0.6) is 0 Å². The summed E-state index contributed by atoms with van der Waals surface area (Å²) in [6.07, 6.45) is 7.51. The SMILES string of the molecule is CCCN1CCOC(C(Cc2nccn2CCC)NC)C1. The van der Waals surface area contributed by atoms with Gasteiger partial charge in [0, 0.05) is 44.5 Å². The molecule has 1 aliphatic rings. The summed E-state index contributed by atoms with van der Waals surface area (Å²) in [5, 5.41) is 3.44. The summed E-state index contributed by atoms with van der Waals surface area (Å²) >= 11 is 0. The molecule has 5 heteroatoms. The summed E-state index contributed by atoms with van der Waals surface area (Å²) in [5.41, 5.74) is 0. The van der Waals surface area contributed by atoms with E-state index >= 15 is 0 Å². The molecule has 5 nitrogen and oxygen atoms in total. The summed E-state index contributed by atoms with van der Waals surface area (Å²) in [6, 6.07) is 0.322. The van der Waals surface area contributed by atoms with Gasteiger partial charge in [0.2, 0.25) is 0 Å². The fourth-order valence-electron chi connectivity index (χ4n) is 3.08. The Morgan fingerprint density at radius 2 is 2.19 bits per heavy atom. The van der Waals surface area contributed by atoms with Gasteiger partial charge in [-0.1, -0.05) is 13.8 Å². The number of rotatable bonds is 8. The van der Waals surface area contributed by atoms with Gasteiger partial charge in [-0.25, -0.2) is 4.98 Å². The third kappa shape index (κ3) is 4.53. The summed E-state index contributed by atoms with van der Waals surface area (Å²) in [5.74, 6) is 1.16. The van der Waals surface area contributed by atoms with Crippen molar-refractivity contribution in [2.45, 2.75) is 51.8 Å². The van der Waals surface area contributed by atoms with E-state index in [9.17, 15) is 0 Å². The highest BCUT2D eigenvalue weighted by Crippen LogP contribution is 2.13. The highest BCUT2D eigenvalue weighted by Gasteiger charge is 2.28. The topological polar surface area (TPSA) is 42.3 Å². The number of morpholine rings is 1. The van der Waals surface area contributed by atoms with Gasteiger partial charge in [-0.05, 0) is 26.4 Å². The molecule has 1 aromatic heterocycles. The van der Waals surface area contributed by atoms with E-state index in [1.807, 2.05) is 13.2 Å². The molecule has 2 rings (SSSR count). The lowest BCUT2D eigenvalue weighted by Crippen LogP contribution is -2.52. The monoisotopic (exact) mass is 294 g/mol. The van der Waals surface area contributed by atoms with E-state index in [2.05, 4.69) is 39.8 Å². The van der Waals surface area contributed by atoms with Crippen LogP contribution >= 0.6 is 0 Å². The number of likely N-dealkylation sites (N-methyl/N-ethyl adjacent to an activating group) is 1. The molecule has 2 atom stereocenters. The first kappa shape index (κ1) is 16.5. The minimum Gasteiger partial charge on any atom is -0.374 e. The number of hydrogen-bond donors (Lipinski definition) is 1. The average molecular weight is 294 g/mol. The molecular formula is C16H30N4O. The predicted octanol–water partition coefficient (Wildman–Crippen LogP) is 1.53. The van der Waals surface area contributed by atoms with Gasteiger partial charge < -0.3 is 14.6 Å². The van der Waals surface area contributed by atoms with Crippen LogP contribution in [0.3, 0.4) is 0 Å². The van der Waals surface area contributed by atoms with E-state index < -0.39 is 0 Å².